The smallest absolute Gasteiger partial charge is 0.258 e. The molecule has 1 aromatic carbocycles. The summed E-state index contributed by atoms with van der Waals surface area (Å²) in [7, 11) is 0. The summed E-state index contributed by atoms with van der Waals surface area (Å²) in [5.41, 5.74) is 7.67. The van der Waals surface area contributed by atoms with Gasteiger partial charge in [0.05, 0.1) is 0 Å². The number of nitrogens with zero attached hydrogens (tertiary/aromatic N) is 2. The molecule has 5 heteroatoms. The molecule has 0 unspecified atom stereocenters. The molecule has 2 aromatic rings. The Balaban J connectivity index is 2.34. The molecule has 20 heavy (non-hydrogen) atoms. The zero-order valence-corrected chi connectivity index (χ0v) is 11.9. The Morgan fingerprint density at radius 1 is 1.25 bits per heavy atom. The predicted molar refractivity (Wildman–Crippen MR) is 83.9 cm³/mol. The summed E-state index contributed by atoms with van der Waals surface area (Å²) in [5.74, 6) is -0.0863. The number of thiocarbonyl (C=S) groups is 1. The van der Waals surface area contributed by atoms with Crippen LogP contribution in [0, 0.1) is 0 Å². The SMILES string of the molecule is CCN(C(=O)c1cccc(C(N)=S)c1)c1ccncc1. The third-order valence-electron chi connectivity index (χ3n) is 2.93. The van der Waals surface area contributed by atoms with Crippen molar-refractivity contribution in [3.8, 4) is 0 Å². The van der Waals surface area contributed by atoms with Crippen molar-refractivity contribution < 1.29 is 4.79 Å². The van der Waals surface area contributed by atoms with Gasteiger partial charge in [0.2, 0.25) is 0 Å². The van der Waals surface area contributed by atoms with Crippen LogP contribution >= 0.6 is 12.2 Å². The highest BCUT2D eigenvalue weighted by atomic mass is 32.1. The lowest BCUT2D eigenvalue weighted by Crippen LogP contribution is -2.30. The van der Waals surface area contributed by atoms with E-state index in [0.717, 1.165) is 5.69 Å². The summed E-state index contributed by atoms with van der Waals surface area (Å²) in [4.78, 5) is 18.5. The normalized spacial score (nSPS) is 10.1. The van der Waals surface area contributed by atoms with E-state index in [1.807, 2.05) is 6.92 Å². The number of carbonyl (C=O) groups is 1. The zero-order chi connectivity index (χ0) is 14.5. The molecule has 1 amide bonds. The van der Waals surface area contributed by atoms with Crippen LogP contribution in [0.1, 0.15) is 22.8 Å². The van der Waals surface area contributed by atoms with E-state index >= 15 is 0 Å². The van der Waals surface area contributed by atoms with Crippen LogP contribution in [-0.2, 0) is 0 Å². The fraction of sp³-hybridized carbons (Fsp3) is 0.133. The number of hydrogen-bond acceptors (Lipinski definition) is 3. The predicted octanol–water partition coefficient (Wildman–Crippen LogP) is 2.38. The number of aromatic nitrogens is 1. The lowest BCUT2D eigenvalue weighted by atomic mass is 10.1. The first-order valence-electron chi connectivity index (χ1n) is 6.25. The second-order valence-electron chi connectivity index (χ2n) is 4.20. The lowest BCUT2D eigenvalue weighted by molar-refractivity contribution is 0.0988. The number of amides is 1. The molecule has 0 spiro atoms. The molecule has 0 bridgehead atoms. The zero-order valence-electron chi connectivity index (χ0n) is 11.1. The second-order valence-corrected chi connectivity index (χ2v) is 4.64. The Kier molecular flexibility index (Phi) is 4.42. The number of pyridine rings is 1. The first-order chi connectivity index (χ1) is 9.63. The molecule has 1 heterocycles. The maximum absolute atomic E-state index is 12.6. The minimum absolute atomic E-state index is 0.0863. The van der Waals surface area contributed by atoms with Gasteiger partial charge in [-0.1, -0.05) is 24.4 Å². The number of hydrogen-bond donors (Lipinski definition) is 1. The molecule has 0 atom stereocenters. The highest BCUT2D eigenvalue weighted by Crippen LogP contribution is 2.16. The molecule has 0 aliphatic rings. The van der Waals surface area contributed by atoms with Gasteiger partial charge < -0.3 is 10.6 Å². The van der Waals surface area contributed by atoms with Crippen LogP contribution in [0.25, 0.3) is 0 Å². The van der Waals surface area contributed by atoms with E-state index in [9.17, 15) is 4.79 Å². The van der Waals surface area contributed by atoms with Crippen molar-refractivity contribution in [3.63, 3.8) is 0 Å². The Labute approximate surface area is 123 Å². The lowest BCUT2D eigenvalue weighted by Gasteiger charge is -2.21. The van der Waals surface area contributed by atoms with Gasteiger partial charge in [-0.05, 0) is 31.2 Å². The molecule has 2 rings (SSSR count). The first-order valence-corrected chi connectivity index (χ1v) is 6.66. The van der Waals surface area contributed by atoms with E-state index in [0.29, 0.717) is 17.7 Å². The molecule has 2 N–H and O–H groups in total. The molecule has 4 nitrogen and oxygen atoms in total. The summed E-state index contributed by atoms with van der Waals surface area (Å²) in [6.45, 7) is 2.50. The van der Waals surface area contributed by atoms with Gasteiger partial charge in [-0.25, -0.2) is 0 Å². The van der Waals surface area contributed by atoms with Gasteiger partial charge in [0.25, 0.3) is 5.91 Å². The van der Waals surface area contributed by atoms with E-state index in [4.69, 9.17) is 18.0 Å². The molecule has 1 aromatic heterocycles. The minimum atomic E-state index is -0.0863. The van der Waals surface area contributed by atoms with E-state index < -0.39 is 0 Å². The van der Waals surface area contributed by atoms with Gasteiger partial charge in [0.1, 0.15) is 4.99 Å². The van der Waals surface area contributed by atoms with Crippen LogP contribution in [0.3, 0.4) is 0 Å². The molecule has 0 aliphatic heterocycles. The van der Waals surface area contributed by atoms with Gasteiger partial charge in [0, 0.05) is 35.8 Å². The molecule has 102 valence electrons. The van der Waals surface area contributed by atoms with Crippen LogP contribution in [0.2, 0.25) is 0 Å². The fourth-order valence-corrected chi connectivity index (χ4v) is 2.06. The third-order valence-corrected chi connectivity index (χ3v) is 3.17. The second kappa shape index (κ2) is 6.25. The maximum Gasteiger partial charge on any atom is 0.258 e. The van der Waals surface area contributed by atoms with E-state index in [2.05, 4.69) is 4.98 Å². The summed E-state index contributed by atoms with van der Waals surface area (Å²) in [5, 5.41) is 0. The van der Waals surface area contributed by atoms with E-state index in [1.54, 1.807) is 53.7 Å². The van der Waals surface area contributed by atoms with Crippen molar-refractivity contribution in [2.75, 3.05) is 11.4 Å². The number of rotatable bonds is 4. The van der Waals surface area contributed by atoms with Crippen LogP contribution in [0.4, 0.5) is 5.69 Å². The van der Waals surface area contributed by atoms with Gasteiger partial charge in [-0.2, -0.15) is 0 Å². The van der Waals surface area contributed by atoms with Crippen molar-refractivity contribution in [3.05, 3.63) is 59.9 Å². The third kappa shape index (κ3) is 3.00. The van der Waals surface area contributed by atoms with Crippen molar-refractivity contribution in [2.24, 2.45) is 5.73 Å². The van der Waals surface area contributed by atoms with Gasteiger partial charge in [-0.3, -0.25) is 9.78 Å². The Morgan fingerprint density at radius 2 is 1.90 bits per heavy atom. The average Bonchev–Trinajstić information content (AvgIpc) is 2.49. The first kappa shape index (κ1) is 14.1. The fourth-order valence-electron chi connectivity index (χ4n) is 1.93. The van der Waals surface area contributed by atoms with Gasteiger partial charge >= 0.3 is 0 Å². The van der Waals surface area contributed by atoms with Crippen molar-refractivity contribution in [1.29, 1.82) is 0 Å². The highest BCUT2D eigenvalue weighted by Gasteiger charge is 2.16. The van der Waals surface area contributed by atoms with Crippen LogP contribution in [0.15, 0.2) is 48.8 Å². The standard InChI is InChI=1S/C15H15N3OS/c1-2-18(13-6-8-17-9-7-13)15(19)12-5-3-4-11(10-12)14(16)20/h3-10H,2H2,1H3,(H2,16,20). The minimum Gasteiger partial charge on any atom is -0.389 e. The maximum atomic E-state index is 12.6. The molecule has 0 radical (unpaired) electrons. The molecular formula is C15H15N3OS. The summed E-state index contributed by atoms with van der Waals surface area (Å²) < 4.78 is 0. The molecule has 0 saturated carbocycles. The van der Waals surface area contributed by atoms with Crippen molar-refractivity contribution in [1.82, 2.24) is 4.98 Å². The van der Waals surface area contributed by atoms with Crippen LogP contribution < -0.4 is 10.6 Å². The monoisotopic (exact) mass is 285 g/mol. The number of anilines is 1. The molecular weight excluding hydrogens is 270 g/mol. The quantitative estimate of drug-likeness (QED) is 0.876. The Bertz CT molecular complexity index is 628. The average molecular weight is 285 g/mol. The number of benzene rings is 1. The summed E-state index contributed by atoms with van der Waals surface area (Å²) >= 11 is 4.94. The molecule has 0 fully saturated rings. The Morgan fingerprint density at radius 3 is 2.50 bits per heavy atom. The molecule has 0 aliphatic carbocycles. The van der Waals surface area contributed by atoms with Crippen LogP contribution in [-0.4, -0.2) is 22.4 Å². The topological polar surface area (TPSA) is 59.2 Å². The summed E-state index contributed by atoms with van der Waals surface area (Å²) in [6, 6.07) is 10.7. The van der Waals surface area contributed by atoms with E-state index in [-0.39, 0.29) is 10.9 Å². The van der Waals surface area contributed by atoms with Crippen molar-refractivity contribution in [2.45, 2.75) is 6.92 Å². The van der Waals surface area contributed by atoms with Crippen LogP contribution in [0.5, 0.6) is 0 Å². The largest absolute Gasteiger partial charge is 0.389 e. The van der Waals surface area contributed by atoms with E-state index in [1.165, 1.54) is 0 Å². The summed E-state index contributed by atoms with van der Waals surface area (Å²) in [6.07, 6.45) is 3.33. The Hall–Kier alpha value is -2.27. The van der Waals surface area contributed by atoms with Gasteiger partial charge in [-0.15, -0.1) is 0 Å². The highest BCUT2D eigenvalue weighted by molar-refractivity contribution is 7.80. The number of nitrogens with two attached hydrogens (primary N) is 1. The molecule has 0 saturated heterocycles. The number of carbonyl (C=O) groups excluding carboxylic acids is 1. The van der Waals surface area contributed by atoms with Gasteiger partial charge in [0.15, 0.2) is 0 Å². The van der Waals surface area contributed by atoms with Crippen molar-refractivity contribution >= 4 is 28.8 Å².